The Labute approximate surface area is 171 Å². The van der Waals surface area contributed by atoms with E-state index in [0.717, 1.165) is 55.9 Å². The molecule has 6 nitrogen and oxygen atoms in total. The van der Waals surface area contributed by atoms with Crippen molar-refractivity contribution < 1.29 is 9.53 Å². The van der Waals surface area contributed by atoms with Crippen molar-refractivity contribution >= 4 is 17.3 Å². The van der Waals surface area contributed by atoms with Crippen LogP contribution in [0, 0.1) is 6.92 Å². The molecule has 0 saturated carbocycles. The Morgan fingerprint density at radius 1 is 1.21 bits per heavy atom. The van der Waals surface area contributed by atoms with Gasteiger partial charge in [-0.3, -0.25) is 9.78 Å². The first-order chi connectivity index (χ1) is 14.1. The molecule has 152 valence electrons. The van der Waals surface area contributed by atoms with Gasteiger partial charge in [0.25, 0.3) is 0 Å². The number of morpholine rings is 1. The van der Waals surface area contributed by atoms with Gasteiger partial charge in [-0.25, -0.2) is 0 Å². The van der Waals surface area contributed by atoms with Gasteiger partial charge in [-0.15, -0.1) is 0 Å². The van der Waals surface area contributed by atoms with E-state index >= 15 is 0 Å². The van der Waals surface area contributed by atoms with Crippen LogP contribution in [-0.4, -0.2) is 55.3 Å². The minimum absolute atomic E-state index is 0.0978. The third-order valence-electron chi connectivity index (χ3n) is 6.31. The van der Waals surface area contributed by atoms with Crippen molar-refractivity contribution in [3.05, 3.63) is 53.9 Å². The predicted molar refractivity (Wildman–Crippen MR) is 113 cm³/mol. The number of ether oxygens (including phenoxy) is 1. The molecule has 2 aromatic rings. The zero-order valence-corrected chi connectivity index (χ0v) is 16.9. The molecule has 3 aliphatic rings. The van der Waals surface area contributed by atoms with Gasteiger partial charge in [0.15, 0.2) is 0 Å². The fourth-order valence-corrected chi connectivity index (χ4v) is 4.81. The summed E-state index contributed by atoms with van der Waals surface area (Å²) >= 11 is 0. The number of nitrogens with zero attached hydrogens (tertiary/aromatic N) is 3. The molecule has 29 heavy (non-hydrogen) atoms. The summed E-state index contributed by atoms with van der Waals surface area (Å²) in [4.78, 5) is 21.6. The number of amides is 1. The van der Waals surface area contributed by atoms with Gasteiger partial charge in [-0.1, -0.05) is 12.1 Å². The van der Waals surface area contributed by atoms with E-state index in [1.165, 1.54) is 5.69 Å². The first-order valence-corrected chi connectivity index (χ1v) is 10.6. The second-order valence-corrected chi connectivity index (χ2v) is 8.56. The number of aromatic nitrogens is 1. The Bertz CT molecular complexity index is 885. The summed E-state index contributed by atoms with van der Waals surface area (Å²) in [5.74, 6) is 0.0978. The topological polar surface area (TPSA) is 57.7 Å². The van der Waals surface area contributed by atoms with Crippen molar-refractivity contribution in [3.8, 4) is 0 Å². The van der Waals surface area contributed by atoms with Crippen LogP contribution in [0.15, 0.2) is 42.7 Å². The van der Waals surface area contributed by atoms with Crippen LogP contribution in [0.25, 0.3) is 0 Å². The number of hydrogen-bond donors (Lipinski definition) is 1. The van der Waals surface area contributed by atoms with Crippen LogP contribution < -0.4 is 15.1 Å². The van der Waals surface area contributed by atoms with Crippen molar-refractivity contribution in [3.63, 3.8) is 0 Å². The molecular weight excluding hydrogens is 364 g/mol. The standard InChI is InChI=1S/C23H28N4O2/c1-16-8-20(12-24-11-16)26-7-6-18(13-26)25-23(28)9-17-2-4-19(5-3-17)27-14-22-10-21(27)15-29-22/h2-5,8,11-12,18,21-22H,6-7,9-10,13-15H2,1H3,(H,25,28)/t18-,21?,22?/m1/s1. The lowest BCUT2D eigenvalue weighted by atomic mass is 10.1. The van der Waals surface area contributed by atoms with Gasteiger partial charge >= 0.3 is 0 Å². The Kier molecular flexibility index (Phi) is 4.87. The highest BCUT2D eigenvalue weighted by atomic mass is 16.5. The number of fused-ring (bicyclic) bond motifs is 2. The number of benzene rings is 1. The zero-order valence-electron chi connectivity index (χ0n) is 16.9. The fraction of sp³-hybridized carbons (Fsp3) is 0.478. The predicted octanol–water partition coefficient (Wildman–Crippen LogP) is 2.31. The van der Waals surface area contributed by atoms with E-state index in [4.69, 9.17) is 4.74 Å². The number of carbonyl (C=O) groups is 1. The van der Waals surface area contributed by atoms with E-state index in [0.29, 0.717) is 18.6 Å². The first-order valence-electron chi connectivity index (χ1n) is 10.6. The lowest BCUT2D eigenvalue weighted by Gasteiger charge is -2.29. The molecule has 3 fully saturated rings. The Hall–Kier alpha value is -2.60. The van der Waals surface area contributed by atoms with E-state index in [1.807, 2.05) is 12.4 Å². The molecule has 3 aliphatic heterocycles. The van der Waals surface area contributed by atoms with E-state index in [2.05, 4.69) is 57.4 Å². The van der Waals surface area contributed by atoms with Crippen LogP contribution in [-0.2, 0) is 16.0 Å². The number of nitrogens with one attached hydrogen (secondary N) is 1. The number of pyridine rings is 1. The average molecular weight is 393 g/mol. The van der Waals surface area contributed by atoms with E-state index in [-0.39, 0.29) is 11.9 Å². The number of hydrogen-bond acceptors (Lipinski definition) is 5. The number of rotatable bonds is 5. The molecule has 1 aromatic heterocycles. The van der Waals surface area contributed by atoms with Crippen molar-refractivity contribution in [2.75, 3.05) is 36.0 Å². The van der Waals surface area contributed by atoms with Crippen LogP contribution in [0.5, 0.6) is 0 Å². The fourth-order valence-electron chi connectivity index (χ4n) is 4.81. The average Bonchev–Trinajstić information content (AvgIpc) is 3.46. The molecule has 3 atom stereocenters. The molecule has 2 bridgehead atoms. The Morgan fingerprint density at radius 3 is 2.79 bits per heavy atom. The van der Waals surface area contributed by atoms with E-state index < -0.39 is 0 Å². The second kappa shape index (κ2) is 7.67. The summed E-state index contributed by atoms with van der Waals surface area (Å²) in [7, 11) is 0. The first kappa shape index (κ1) is 18.4. The van der Waals surface area contributed by atoms with E-state index in [1.54, 1.807) is 0 Å². The van der Waals surface area contributed by atoms with Crippen molar-refractivity contribution in [2.24, 2.45) is 0 Å². The highest BCUT2D eigenvalue weighted by molar-refractivity contribution is 5.79. The van der Waals surface area contributed by atoms with Crippen LogP contribution in [0.1, 0.15) is 24.0 Å². The number of aryl methyl sites for hydroxylation is 1. The molecule has 0 spiro atoms. The molecule has 0 aliphatic carbocycles. The highest BCUT2D eigenvalue weighted by Gasteiger charge is 2.38. The maximum atomic E-state index is 12.5. The van der Waals surface area contributed by atoms with Crippen LogP contribution in [0.4, 0.5) is 11.4 Å². The minimum atomic E-state index is 0.0978. The molecule has 1 N–H and O–H groups in total. The summed E-state index contributed by atoms with van der Waals surface area (Å²) in [5, 5.41) is 3.21. The van der Waals surface area contributed by atoms with Crippen LogP contribution in [0.2, 0.25) is 0 Å². The monoisotopic (exact) mass is 392 g/mol. The summed E-state index contributed by atoms with van der Waals surface area (Å²) in [6.07, 6.45) is 6.70. The van der Waals surface area contributed by atoms with Crippen molar-refractivity contribution in [1.29, 1.82) is 0 Å². The summed E-state index contributed by atoms with van der Waals surface area (Å²) in [5.41, 5.74) is 4.60. The Morgan fingerprint density at radius 2 is 2.07 bits per heavy atom. The largest absolute Gasteiger partial charge is 0.374 e. The van der Waals surface area contributed by atoms with E-state index in [9.17, 15) is 4.79 Å². The zero-order chi connectivity index (χ0) is 19.8. The van der Waals surface area contributed by atoms with Crippen LogP contribution in [0.3, 0.4) is 0 Å². The summed E-state index contributed by atoms with van der Waals surface area (Å²) < 4.78 is 5.68. The van der Waals surface area contributed by atoms with Gasteiger partial charge in [-0.2, -0.15) is 0 Å². The maximum absolute atomic E-state index is 12.5. The van der Waals surface area contributed by atoms with Gasteiger partial charge < -0.3 is 19.9 Å². The molecule has 0 radical (unpaired) electrons. The Balaban J connectivity index is 1.13. The SMILES string of the molecule is Cc1cncc(N2CC[C@@H](NC(=O)Cc3ccc(N4CC5CC4CO5)cc3)C2)c1. The van der Waals surface area contributed by atoms with Gasteiger partial charge in [-0.05, 0) is 49.1 Å². The van der Waals surface area contributed by atoms with Crippen molar-refractivity contribution in [2.45, 2.75) is 44.4 Å². The normalized spacial score (nSPS) is 25.6. The quantitative estimate of drug-likeness (QED) is 0.846. The summed E-state index contributed by atoms with van der Waals surface area (Å²) in [6.45, 7) is 5.67. The molecule has 1 aromatic carbocycles. The lowest BCUT2D eigenvalue weighted by molar-refractivity contribution is -0.121. The van der Waals surface area contributed by atoms with Crippen LogP contribution >= 0.6 is 0 Å². The van der Waals surface area contributed by atoms with Gasteiger partial charge in [0, 0.05) is 37.6 Å². The molecular formula is C23H28N4O2. The maximum Gasteiger partial charge on any atom is 0.224 e. The molecule has 4 heterocycles. The molecule has 1 amide bonds. The number of carbonyl (C=O) groups excluding carboxylic acids is 1. The van der Waals surface area contributed by atoms with Gasteiger partial charge in [0.2, 0.25) is 5.91 Å². The highest BCUT2D eigenvalue weighted by Crippen LogP contribution is 2.32. The second-order valence-electron chi connectivity index (χ2n) is 8.56. The minimum Gasteiger partial charge on any atom is -0.374 e. The number of anilines is 2. The van der Waals surface area contributed by atoms with Gasteiger partial charge in [0.05, 0.1) is 37.1 Å². The van der Waals surface area contributed by atoms with Crippen molar-refractivity contribution in [1.82, 2.24) is 10.3 Å². The third-order valence-corrected chi connectivity index (χ3v) is 6.31. The molecule has 3 saturated heterocycles. The summed E-state index contributed by atoms with van der Waals surface area (Å²) in [6, 6.07) is 11.3. The smallest absolute Gasteiger partial charge is 0.224 e. The lowest BCUT2D eigenvalue weighted by Crippen LogP contribution is -2.38. The molecule has 6 heteroatoms. The third kappa shape index (κ3) is 3.94. The molecule has 2 unspecified atom stereocenters. The van der Waals surface area contributed by atoms with Gasteiger partial charge in [0.1, 0.15) is 0 Å². The molecule has 5 rings (SSSR count).